The first-order valence-corrected chi connectivity index (χ1v) is 12.8. The van der Waals surface area contributed by atoms with Crippen molar-refractivity contribution in [3.8, 4) is 22.6 Å². The monoisotopic (exact) mass is 500 g/mol. The molecule has 0 saturated heterocycles. The Hall–Kier alpha value is -2.42. The van der Waals surface area contributed by atoms with Gasteiger partial charge in [0.05, 0.1) is 13.2 Å². The first-order valence-electron chi connectivity index (χ1n) is 10.8. The Morgan fingerprint density at radius 1 is 0.676 bits per heavy atom. The first kappa shape index (κ1) is 27.8. The van der Waals surface area contributed by atoms with Gasteiger partial charge in [0.2, 0.25) is 0 Å². The molecule has 5 nitrogen and oxygen atoms in total. The molecule has 34 heavy (non-hydrogen) atoms. The summed E-state index contributed by atoms with van der Waals surface area (Å²) in [4.78, 5) is 0. The van der Waals surface area contributed by atoms with Crippen molar-refractivity contribution in [2.75, 3.05) is 46.0 Å². The maximum absolute atomic E-state index is 9.33. The lowest BCUT2D eigenvalue weighted by Gasteiger charge is -2.19. The Bertz CT molecular complexity index is 1150. The molecule has 0 spiro atoms. The molecule has 0 aliphatic heterocycles. The molecule has 2 N–H and O–H groups in total. The van der Waals surface area contributed by atoms with Crippen LogP contribution in [0.15, 0.2) is 72.8 Å². The average molecular weight is 501 g/mol. The normalized spacial score (nSPS) is 10.2. The van der Waals surface area contributed by atoms with Crippen LogP contribution < -0.4 is 9.47 Å². The molecule has 0 bridgehead atoms. The molecule has 0 radical (unpaired) electrons. The number of benzene rings is 4. The van der Waals surface area contributed by atoms with E-state index in [0.29, 0.717) is 13.2 Å². The number of aliphatic hydroxyl groups is 2. The number of aliphatic hydroxyl groups excluding tert-OH is 2. The van der Waals surface area contributed by atoms with Crippen molar-refractivity contribution < 1.29 is 23.9 Å². The van der Waals surface area contributed by atoms with Crippen molar-refractivity contribution in [2.45, 2.75) is 0 Å². The van der Waals surface area contributed by atoms with Gasteiger partial charge < -0.3 is 23.9 Å². The fraction of sp³-hybridized carbons (Fsp3) is 0.259. The van der Waals surface area contributed by atoms with Gasteiger partial charge in [-0.25, -0.2) is 0 Å². The van der Waals surface area contributed by atoms with Crippen molar-refractivity contribution in [2.24, 2.45) is 0 Å². The van der Waals surface area contributed by atoms with Crippen molar-refractivity contribution in [3.05, 3.63) is 72.8 Å². The lowest BCUT2D eigenvalue weighted by Crippen LogP contribution is -2.06. The Balaban J connectivity index is 0.000000970. The predicted molar refractivity (Wildman–Crippen MR) is 147 cm³/mol. The number of thiol groups is 1. The smallest absolute Gasteiger partial charge is 0.128 e. The van der Waals surface area contributed by atoms with Crippen molar-refractivity contribution in [1.29, 1.82) is 0 Å². The van der Waals surface area contributed by atoms with Gasteiger partial charge in [-0.05, 0) is 52.0 Å². The summed E-state index contributed by atoms with van der Waals surface area (Å²) >= 11 is 4.86. The molecule has 4 aromatic carbocycles. The maximum atomic E-state index is 9.33. The molecule has 0 aliphatic rings. The Morgan fingerprint density at radius 3 is 1.62 bits per heavy atom. The standard InChI is InChI=1S/C25H24O4S.CH4O.CH4S/c1-30-29-17-16-28-23-13-11-19-7-3-5-9-21(19)25(23)24-20-8-4-2-6-18(20)10-12-22(24)27-15-14-26;2*1-2/h2-13,26H,14-17H2,1H3;2*2H,1H3. The lowest BCUT2D eigenvalue weighted by molar-refractivity contribution is 0.202. The zero-order valence-electron chi connectivity index (χ0n) is 19.7. The van der Waals surface area contributed by atoms with Gasteiger partial charge in [0.1, 0.15) is 24.7 Å². The summed E-state index contributed by atoms with van der Waals surface area (Å²) < 4.78 is 17.5. The molecule has 0 heterocycles. The Kier molecular flexibility index (Phi) is 12.7. The minimum atomic E-state index is -0.0445. The molecular weight excluding hydrogens is 468 g/mol. The highest BCUT2D eigenvalue weighted by Crippen LogP contribution is 2.45. The summed E-state index contributed by atoms with van der Waals surface area (Å²) in [5, 5.41) is 20.7. The number of hydrogen-bond acceptors (Lipinski definition) is 7. The van der Waals surface area contributed by atoms with Crippen LogP contribution in [0, 0.1) is 0 Å². The zero-order valence-corrected chi connectivity index (χ0v) is 21.4. The van der Waals surface area contributed by atoms with Crippen LogP contribution in [0.4, 0.5) is 0 Å². The second kappa shape index (κ2) is 15.5. The van der Waals surface area contributed by atoms with Crippen molar-refractivity contribution in [1.82, 2.24) is 0 Å². The fourth-order valence-electron chi connectivity index (χ4n) is 3.68. The Labute approximate surface area is 211 Å². The molecular formula is C27H32O5S2. The van der Waals surface area contributed by atoms with Gasteiger partial charge in [-0.2, -0.15) is 12.6 Å². The van der Waals surface area contributed by atoms with E-state index in [1.807, 2.05) is 48.7 Å². The molecule has 7 heteroatoms. The van der Waals surface area contributed by atoms with Crippen molar-refractivity contribution in [3.63, 3.8) is 0 Å². The van der Waals surface area contributed by atoms with Gasteiger partial charge in [-0.3, -0.25) is 0 Å². The molecule has 0 fully saturated rings. The van der Waals surface area contributed by atoms with E-state index in [-0.39, 0.29) is 13.2 Å². The molecule has 0 aliphatic carbocycles. The quantitative estimate of drug-likeness (QED) is 0.152. The summed E-state index contributed by atoms with van der Waals surface area (Å²) in [6.45, 7) is 1.13. The van der Waals surface area contributed by atoms with Gasteiger partial charge in [0, 0.05) is 24.5 Å². The van der Waals surface area contributed by atoms with Gasteiger partial charge in [0.25, 0.3) is 0 Å². The zero-order chi connectivity index (χ0) is 24.8. The van der Waals surface area contributed by atoms with Crippen LogP contribution in [0.1, 0.15) is 0 Å². The van der Waals surface area contributed by atoms with Crippen LogP contribution in [0.3, 0.4) is 0 Å². The molecule has 0 saturated carbocycles. The van der Waals surface area contributed by atoms with Crippen LogP contribution in [0.2, 0.25) is 0 Å². The summed E-state index contributed by atoms with van der Waals surface area (Å²) in [5.41, 5.74) is 1.96. The van der Waals surface area contributed by atoms with E-state index in [1.165, 1.54) is 12.0 Å². The number of ether oxygens (including phenoxy) is 2. The lowest BCUT2D eigenvalue weighted by atomic mass is 9.92. The number of hydrogen-bond donors (Lipinski definition) is 3. The summed E-state index contributed by atoms with van der Waals surface area (Å²) in [5.74, 6) is 1.51. The third-order valence-electron chi connectivity index (χ3n) is 4.92. The highest BCUT2D eigenvalue weighted by atomic mass is 32.2. The second-order valence-electron chi connectivity index (χ2n) is 6.73. The van der Waals surface area contributed by atoms with Crippen LogP contribution >= 0.6 is 24.7 Å². The third-order valence-corrected chi connectivity index (χ3v) is 5.32. The van der Waals surface area contributed by atoms with E-state index in [0.717, 1.165) is 51.3 Å². The molecule has 0 aromatic heterocycles. The molecule has 4 aromatic rings. The summed E-state index contributed by atoms with van der Waals surface area (Å²) in [7, 11) is 1.00. The van der Waals surface area contributed by atoms with Gasteiger partial charge in [0.15, 0.2) is 0 Å². The van der Waals surface area contributed by atoms with E-state index in [1.54, 1.807) is 6.26 Å². The predicted octanol–water partition coefficient (Wildman–Crippen LogP) is 5.86. The average Bonchev–Trinajstić information content (AvgIpc) is 2.92. The fourth-order valence-corrected chi connectivity index (χ4v) is 3.92. The van der Waals surface area contributed by atoms with Gasteiger partial charge in [-0.15, -0.1) is 0 Å². The van der Waals surface area contributed by atoms with Crippen LogP contribution in [-0.4, -0.2) is 56.3 Å². The number of fused-ring (bicyclic) bond motifs is 2. The largest absolute Gasteiger partial charge is 0.491 e. The van der Waals surface area contributed by atoms with Gasteiger partial charge in [-0.1, -0.05) is 60.7 Å². The Morgan fingerprint density at radius 2 is 1.15 bits per heavy atom. The highest BCUT2D eigenvalue weighted by molar-refractivity contribution is 7.93. The van der Waals surface area contributed by atoms with Crippen LogP contribution in [0.5, 0.6) is 11.5 Å². The molecule has 0 atom stereocenters. The summed E-state index contributed by atoms with van der Waals surface area (Å²) in [6.07, 6.45) is 3.59. The molecule has 4 rings (SSSR count). The van der Waals surface area contributed by atoms with E-state index < -0.39 is 0 Å². The minimum Gasteiger partial charge on any atom is -0.491 e. The van der Waals surface area contributed by atoms with Crippen molar-refractivity contribution >= 4 is 46.2 Å². The second-order valence-corrected chi connectivity index (χ2v) is 7.30. The molecule has 0 unspecified atom stereocenters. The molecule has 182 valence electrons. The van der Waals surface area contributed by atoms with E-state index in [9.17, 15) is 5.11 Å². The van der Waals surface area contributed by atoms with Crippen LogP contribution in [-0.2, 0) is 4.18 Å². The first-order chi connectivity index (χ1) is 16.8. The van der Waals surface area contributed by atoms with Crippen LogP contribution in [0.25, 0.3) is 32.7 Å². The van der Waals surface area contributed by atoms with Gasteiger partial charge >= 0.3 is 0 Å². The third kappa shape index (κ3) is 6.81. The highest BCUT2D eigenvalue weighted by Gasteiger charge is 2.19. The van der Waals surface area contributed by atoms with E-state index >= 15 is 0 Å². The maximum Gasteiger partial charge on any atom is 0.128 e. The number of rotatable bonds is 9. The minimum absolute atomic E-state index is 0.0445. The van der Waals surface area contributed by atoms with E-state index in [2.05, 4.69) is 43.0 Å². The summed E-state index contributed by atoms with van der Waals surface area (Å²) in [6, 6.07) is 24.6. The van der Waals surface area contributed by atoms with E-state index in [4.69, 9.17) is 18.8 Å². The topological polar surface area (TPSA) is 68.2 Å². The SMILES string of the molecule is CO.CS.CSOCCOc1ccc2ccccc2c1-c1c(OCCO)ccc2ccccc12. The molecule has 0 amide bonds.